The van der Waals surface area contributed by atoms with Crippen molar-refractivity contribution in [1.82, 2.24) is 0 Å². The van der Waals surface area contributed by atoms with Crippen molar-refractivity contribution in [2.45, 2.75) is 39.3 Å². The summed E-state index contributed by atoms with van der Waals surface area (Å²) in [7, 11) is -1.07. The van der Waals surface area contributed by atoms with Gasteiger partial charge in [0, 0.05) is 0 Å². The van der Waals surface area contributed by atoms with Crippen LogP contribution in [-0.2, 0) is 0 Å². The van der Waals surface area contributed by atoms with Crippen molar-refractivity contribution in [2.75, 3.05) is 7.11 Å². The molecule has 0 heterocycles. The van der Waals surface area contributed by atoms with Gasteiger partial charge in [0.25, 0.3) is 0 Å². The molecule has 0 aliphatic carbocycles. The minimum atomic E-state index is -1.42. The van der Waals surface area contributed by atoms with Crippen LogP contribution in [-0.4, -0.2) is 23.3 Å². The lowest BCUT2D eigenvalue weighted by molar-refractivity contribution is 0.415. The molecule has 24 heavy (non-hydrogen) atoms. The van der Waals surface area contributed by atoms with E-state index in [1.807, 2.05) is 0 Å². The third-order valence-electron chi connectivity index (χ3n) is 4.00. The number of ether oxygens (including phenoxy) is 1. The van der Waals surface area contributed by atoms with Crippen molar-refractivity contribution in [2.24, 2.45) is 0 Å². The molecule has 0 saturated heterocycles. The molecule has 1 nitrogen and oxygen atoms in total. The van der Waals surface area contributed by atoms with E-state index in [9.17, 15) is 0 Å². The minimum absolute atomic E-state index is 0.907. The lowest BCUT2D eigenvalue weighted by atomic mass is 9.99. The standard InChI is InChI=1S/C21H30OSi2/c1-22-18-14-12-17(13-15-18)20(16-23(2,3)4)19-10-8-9-11-21(19)24(5,6)7/h8-16H,1-7H3/b20-16-. The van der Waals surface area contributed by atoms with Crippen LogP contribution in [0.3, 0.4) is 0 Å². The van der Waals surface area contributed by atoms with E-state index < -0.39 is 16.1 Å². The number of hydrogen-bond acceptors (Lipinski definition) is 1. The molecule has 0 aliphatic rings. The fourth-order valence-corrected chi connectivity index (χ4v) is 5.70. The van der Waals surface area contributed by atoms with Crippen LogP contribution in [0.1, 0.15) is 11.1 Å². The topological polar surface area (TPSA) is 9.23 Å². The Hall–Kier alpha value is -1.59. The summed E-state index contributed by atoms with van der Waals surface area (Å²) in [6.07, 6.45) is 0. The molecular weight excluding hydrogens is 324 g/mol. The lowest BCUT2D eigenvalue weighted by Gasteiger charge is -2.24. The SMILES string of the molecule is COc1ccc(/C(=C/[Si](C)(C)C)c2ccccc2[Si](C)(C)C)cc1. The second kappa shape index (κ2) is 7.12. The van der Waals surface area contributed by atoms with Crippen LogP contribution in [0.4, 0.5) is 0 Å². The fraction of sp³-hybridized carbons (Fsp3) is 0.333. The number of hydrogen-bond donors (Lipinski definition) is 0. The Bertz CT molecular complexity index is 717. The summed E-state index contributed by atoms with van der Waals surface area (Å²) in [6.45, 7) is 14.5. The van der Waals surface area contributed by atoms with Gasteiger partial charge < -0.3 is 4.74 Å². The highest BCUT2D eigenvalue weighted by Gasteiger charge is 2.23. The molecule has 0 atom stereocenters. The van der Waals surface area contributed by atoms with Crippen molar-refractivity contribution in [3.63, 3.8) is 0 Å². The van der Waals surface area contributed by atoms with Crippen LogP contribution in [0.2, 0.25) is 39.3 Å². The van der Waals surface area contributed by atoms with E-state index in [1.54, 1.807) is 7.11 Å². The van der Waals surface area contributed by atoms with Gasteiger partial charge in [0.15, 0.2) is 0 Å². The first-order chi connectivity index (χ1) is 11.1. The van der Waals surface area contributed by atoms with Crippen molar-refractivity contribution in [3.05, 3.63) is 65.4 Å². The number of rotatable bonds is 5. The van der Waals surface area contributed by atoms with Gasteiger partial charge in [0.2, 0.25) is 0 Å². The molecule has 2 aromatic carbocycles. The highest BCUT2D eigenvalue weighted by molar-refractivity contribution is 6.89. The Morgan fingerprint density at radius 3 is 1.92 bits per heavy atom. The van der Waals surface area contributed by atoms with Gasteiger partial charge in [-0.15, -0.1) is 0 Å². The van der Waals surface area contributed by atoms with E-state index in [0.717, 1.165) is 5.75 Å². The van der Waals surface area contributed by atoms with E-state index in [-0.39, 0.29) is 0 Å². The molecule has 0 spiro atoms. The second-order valence-electron chi connectivity index (χ2n) is 8.45. The van der Waals surface area contributed by atoms with Gasteiger partial charge in [0.1, 0.15) is 5.75 Å². The zero-order valence-electron chi connectivity index (χ0n) is 16.1. The van der Waals surface area contributed by atoms with E-state index in [2.05, 4.69) is 93.5 Å². The molecule has 2 aromatic rings. The predicted molar refractivity (Wildman–Crippen MR) is 113 cm³/mol. The van der Waals surface area contributed by atoms with Crippen LogP contribution in [0.15, 0.2) is 54.2 Å². The summed E-state index contributed by atoms with van der Waals surface area (Å²) >= 11 is 0. The van der Waals surface area contributed by atoms with Gasteiger partial charge in [-0.3, -0.25) is 0 Å². The largest absolute Gasteiger partial charge is 0.497 e. The Labute approximate surface area is 149 Å². The normalized spacial score (nSPS) is 13.0. The molecule has 0 amide bonds. The molecule has 0 aliphatic heterocycles. The highest BCUT2D eigenvalue weighted by Crippen LogP contribution is 2.28. The molecule has 0 unspecified atom stereocenters. The summed E-state index contributed by atoms with van der Waals surface area (Å²) < 4.78 is 5.33. The maximum absolute atomic E-state index is 5.33. The van der Waals surface area contributed by atoms with E-state index in [1.165, 1.54) is 21.9 Å². The van der Waals surface area contributed by atoms with Gasteiger partial charge in [-0.05, 0) is 28.8 Å². The second-order valence-corrected chi connectivity index (χ2v) is 18.5. The lowest BCUT2D eigenvalue weighted by Crippen LogP contribution is -2.40. The molecular formula is C21H30OSi2. The third-order valence-corrected chi connectivity index (χ3v) is 7.21. The average molecular weight is 355 g/mol. The molecule has 0 saturated carbocycles. The van der Waals surface area contributed by atoms with Gasteiger partial charge in [0.05, 0.1) is 23.3 Å². The van der Waals surface area contributed by atoms with Crippen molar-refractivity contribution in [3.8, 4) is 5.75 Å². The third kappa shape index (κ3) is 4.71. The van der Waals surface area contributed by atoms with Gasteiger partial charge >= 0.3 is 0 Å². The zero-order valence-corrected chi connectivity index (χ0v) is 18.1. The first-order valence-electron chi connectivity index (χ1n) is 8.59. The van der Waals surface area contributed by atoms with Crippen LogP contribution in [0, 0.1) is 0 Å². The van der Waals surface area contributed by atoms with Crippen molar-refractivity contribution >= 4 is 26.9 Å². The molecule has 0 bridgehead atoms. The number of methoxy groups -OCH3 is 1. The van der Waals surface area contributed by atoms with Gasteiger partial charge in [-0.1, -0.05) is 86.6 Å². The van der Waals surface area contributed by atoms with Crippen LogP contribution < -0.4 is 9.92 Å². The smallest absolute Gasteiger partial charge is 0.118 e. The van der Waals surface area contributed by atoms with Gasteiger partial charge in [-0.2, -0.15) is 0 Å². The fourth-order valence-electron chi connectivity index (χ4n) is 2.89. The molecule has 0 fully saturated rings. The number of benzene rings is 2. The first kappa shape index (κ1) is 18.7. The quantitative estimate of drug-likeness (QED) is 0.640. The summed E-state index contributed by atoms with van der Waals surface area (Å²) in [5.74, 6) is 0.907. The van der Waals surface area contributed by atoms with Crippen LogP contribution in [0.5, 0.6) is 5.75 Å². The van der Waals surface area contributed by atoms with E-state index >= 15 is 0 Å². The Kier molecular flexibility index (Phi) is 5.56. The van der Waals surface area contributed by atoms with Crippen molar-refractivity contribution < 1.29 is 4.74 Å². The molecule has 0 aromatic heterocycles. The average Bonchev–Trinajstić information content (AvgIpc) is 2.51. The molecule has 0 N–H and O–H groups in total. The van der Waals surface area contributed by atoms with Crippen LogP contribution >= 0.6 is 0 Å². The Balaban J connectivity index is 2.67. The maximum Gasteiger partial charge on any atom is 0.118 e. The monoisotopic (exact) mass is 354 g/mol. The molecule has 128 valence electrons. The Morgan fingerprint density at radius 1 is 0.833 bits per heavy atom. The van der Waals surface area contributed by atoms with Crippen LogP contribution in [0.25, 0.3) is 5.57 Å². The van der Waals surface area contributed by atoms with Crippen molar-refractivity contribution in [1.29, 1.82) is 0 Å². The van der Waals surface area contributed by atoms with E-state index in [0.29, 0.717) is 0 Å². The maximum atomic E-state index is 5.33. The minimum Gasteiger partial charge on any atom is -0.497 e. The predicted octanol–water partition coefficient (Wildman–Crippen LogP) is 5.55. The molecule has 0 radical (unpaired) electrons. The van der Waals surface area contributed by atoms with Gasteiger partial charge in [-0.25, -0.2) is 0 Å². The molecule has 2 rings (SSSR count). The molecule has 3 heteroatoms. The summed E-state index contributed by atoms with van der Waals surface area (Å²) in [5.41, 5.74) is 6.61. The summed E-state index contributed by atoms with van der Waals surface area (Å²) in [4.78, 5) is 0. The first-order valence-corrected chi connectivity index (χ1v) is 15.7. The van der Waals surface area contributed by atoms with E-state index in [4.69, 9.17) is 4.74 Å². The zero-order chi connectivity index (χ0) is 18.0. The summed E-state index contributed by atoms with van der Waals surface area (Å²) in [6, 6.07) is 17.5. The summed E-state index contributed by atoms with van der Waals surface area (Å²) in [5, 5.41) is 1.53. The highest BCUT2D eigenvalue weighted by atomic mass is 28.3. The Morgan fingerprint density at radius 2 is 1.42 bits per heavy atom.